The summed E-state index contributed by atoms with van der Waals surface area (Å²) in [6.45, 7) is 0. The number of imidazole rings is 1. The largest absolute Gasteiger partial charge is 0.335 e. The van der Waals surface area contributed by atoms with Gasteiger partial charge < -0.3 is 14.9 Å². The number of aryl methyl sites for hydroxylation is 2. The Hall–Kier alpha value is -3.52. The fraction of sp³-hybridized carbons (Fsp3) is 0.120. The van der Waals surface area contributed by atoms with Crippen LogP contribution in [0.3, 0.4) is 0 Å². The van der Waals surface area contributed by atoms with Crippen LogP contribution >= 0.6 is 23.2 Å². The molecule has 0 amide bonds. The van der Waals surface area contributed by atoms with E-state index in [1.165, 1.54) is 0 Å². The molecule has 0 aliphatic rings. The Bertz CT molecular complexity index is 1610. The van der Waals surface area contributed by atoms with Gasteiger partial charge in [0.25, 0.3) is 5.56 Å². The summed E-state index contributed by atoms with van der Waals surface area (Å²) in [5.74, 6) is 0. The molecule has 0 spiro atoms. The second-order valence-electron chi connectivity index (χ2n) is 8.08. The zero-order valence-corrected chi connectivity index (χ0v) is 19.9. The maximum Gasteiger partial charge on any atom is 0.251 e. The maximum absolute atomic E-state index is 12.7. The maximum atomic E-state index is 12.7. The van der Waals surface area contributed by atoms with Gasteiger partial charge in [-0.15, -0.1) is 0 Å². The van der Waals surface area contributed by atoms with Crippen molar-refractivity contribution in [1.29, 1.82) is 0 Å². The van der Waals surface area contributed by atoms with Crippen LogP contribution in [-0.2, 0) is 19.6 Å². The Kier molecular flexibility index (Phi) is 5.48. The zero-order valence-electron chi connectivity index (χ0n) is 18.4. The lowest BCUT2D eigenvalue weighted by atomic mass is 9.83. The first-order valence-electron chi connectivity index (χ1n) is 10.4. The average molecular weight is 491 g/mol. The molecule has 0 radical (unpaired) electrons. The predicted octanol–water partition coefficient (Wildman–Crippen LogP) is 4.29. The van der Waals surface area contributed by atoms with Crippen LogP contribution in [-0.4, -0.2) is 24.1 Å². The van der Waals surface area contributed by atoms with Gasteiger partial charge in [-0.2, -0.15) is 0 Å². The first-order valence-corrected chi connectivity index (χ1v) is 11.2. The Morgan fingerprint density at radius 3 is 2.35 bits per heavy atom. The number of pyridine rings is 3. The van der Waals surface area contributed by atoms with Gasteiger partial charge in [0.05, 0.1) is 35.1 Å². The Balaban J connectivity index is 1.85. The smallest absolute Gasteiger partial charge is 0.251 e. The Labute approximate surface area is 205 Å². The van der Waals surface area contributed by atoms with Crippen molar-refractivity contribution >= 4 is 34.1 Å². The first kappa shape index (κ1) is 22.3. The second kappa shape index (κ2) is 8.36. The summed E-state index contributed by atoms with van der Waals surface area (Å²) >= 11 is 12.4. The van der Waals surface area contributed by atoms with Crippen molar-refractivity contribution in [2.45, 2.75) is 5.54 Å². The second-order valence-corrected chi connectivity index (χ2v) is 8.85. The lowest BCUT2D eigenvalue weighted by molar-refractivity contribution is 0.579. The minimum absolute atomic E-state index is 0.154. The zero-order chi connectivity index (χ0) is 24.0. The molecule has 1 aromatic carbocycles. The van der Waals surface area contributed by atoms with Crippen molar-refractivity contribution in [3.63, 3.8) is 0 Å². The van der Waals surface area contributed by atoms with E-state index in [-0.39, 0.29) is 5.56 Å². The van der Waals surface area contributed by atoms with E-state index in [1.54, 1.807) is 48.4 Å². The standard InChI is InChI=1S/C25H20Cl2N6O/c1-32-14-29-13-21(32)25(28,20-6-4-8-23(27)31-20)15-9-10-19-17(11-15)16(12-24(34)33(19)2)18-5-3-7-22(26)30-18/h3-14H,28H2,1-2H3. The number of rotatable bonds is 4. The lowest BCUT2D eigenvalue weighted by Crippen LogP contribution is -2.41. The van der Waals surface area contributed by atoms with Crippen LogP contribution in [0.5, 0.6) is 0 Å². The predicted molar refractivity (Wildman–Crippen MR) is 134 cm³/mol. The summed E-state index contributed by atoms with van der Waals surface area (Å²) in [4.78, 5) is 26.0. The van der Waals surface area contributed by atoms with Gasteiger partial charge in [0.1, 0.15) is 15.8 Å². The van der Waals surface area contributed by atoms with Gasteiger partial charge in [0.2, 0.25) is 0 Å². The van der Waals surface area contributed by atoms with Crippen LogP contribution in [0.15, 0.2) is 78.0 Å². The van der Waals surface area contributed by atoms with E-state index < -0.39 is 5.54 Å². The molecule has 4 heterocycles. The molecule has 0 aliphatic heterocycles. The van der Waals surface area contributed by atoms with Crippen LogP contribution in [0.1, 0.15) is 17.0 Å². The molecule has 34 heavy (non-hydrogen) atoms. The molecule has 1 unspecified atom stereocenters. The van der Waals surface area contributed by atoms with Crippen molar-refractivity contribution in [1.82, 2.24) is 24.1 Å². The van der Waals surface area contributed by atoms with Crippen LogP contribution in [0.2, 0.25) is 10.3 Å². The molecule has 170 valence electrons. The number of hydrogen-bond acceptors (Lipinski definition) is 5. The molecule has 1 atom stereocenters. The summed E-state index contributed by atoms with van der Waals surface area (Å²) in [5.41, 5.74) is 9.87. The Morgan fingerprint density at radius 1 is 0.941 bits per heavy atom. The van der Waals surface area contributed by atoms with Crippen LogP contribution in [0.25, 0.3) is 22.2 Å². The average Bonchev–Trinajstić information content (AvgIpc) is 3.27. The topological polar surface area (TPSA) is 91.6 Å². The van der Waals surface area contributed by atoms with Gasteiger partial charge in [-0.3, -0.25) is 4.79 Å². The number of hydrogen-bond donors (Lipinski definition) is 1. The third kappa shape index (κ3) is 3.58. The van der Waals surface area contributed by atoms with E-state index in [2.05, 4.69) is 15.0 Å². The number of benzene rings is 1. The summed E-state index contributed by atoms with van der Waals surface area (Å²) < 4.78 is 3.44. The van der Waals surface area contributed by atoms with Crippen molar-refractivity contribution in [3.8, 4) is 11.3 Å². The first-order chi connectivity index (χ1) is 16.3. The van der Waals surface area contributed by atoms with Gasteiger partial charge in [0, 0.05) is 31.1 Å². The van der Waals surface area contributed by atoms with E-state index >= 15 is 0 Å². The summed E-state index contributed by atoms with van der Waals surface area (Å²) in [6, 6.07) is 18.0. The SMILES string of the molecule is Cn1cncc1C(N)(c1ccc2c(c1)c(-c1cccc(Cl)n1)cc(=O)n2C)c1cccc(Cl)n1. The molecule has 7 nitrogen and oxygen atoms in total. The normalized spacial score (nSPS) is 13.2. The number of halogens is 2. The van der Waals surface area contributed by atoms with Crippen molar-refractivity contribution in [3.05, 3.63) is 111 Å². The number of nitrogens with two attached hydrogens (primary N) is 1. The number of fused-ring (bicyclic) bond motifs is 1. The minimum Gasteiger partial charge on any atom is -0.335 e. The minimum atomic E-state index is -1.17. The summed E-state index contributed by atoms with van der Waals surface area (Å²) in [6.07, 6.45) is 3.40. The highest BCUT2D eigenvalue weighted by atomic mass is 35.5. The highest BCUT2D eigenvalue weighted by Crippen LogP contribution is 2.36. The molecule has 0 fully saturated rings. The van der Waals surface area contributed by atoms with Crippen molar-refractivity contribution in [2.24, 2.45) is 19.8 Å². The summed E-state index contributed by atoms with van der Waals surface area (Å²) in [5, 5.41) is 1.48. The molecule has 5 aromatic rings. The van der Waals surface area contributed by atoms with Crippen LogP contribution < -0.4 is 11.3 Å². The van der Waals surface area contributed by atoms with E-state index in [1.807, 2.05) is 48.0 Å². The third-order valence-corrected chi connectivity index (χ3v) is 6.45. The van der Waals surface area contributed by atoms with Crippen LogP contribution in [0, 0.1) is 0 Å². The molecular weight excluding hydrogens is 471 g/mol. The van der Waals surface area contributed by atoms with Crippen LogP contribution in [0.4, 0.5) is 0 Å². The highest BCUT2D eigenvalue weighted by Gasteiger charge is 2.36. The molecule has 0 saturated carbocycles. The molecule has 0 saturated heterocycles. The monoisotopic (exact) mass is 490 g/mol. The van der Waals surface area contributed by atoms with Gasteiger partial charge in [-0.1, -0.05) is 41.4 Å². The van der Waals surface area contributed by atoms with E-state index in [0.717, 1.165) is 22.2 Å². The molecule has 2 N–H and O–H groups in total. The van der Waals surface area contributed by atoms with Gasteiger partial charge in [-0.25, -0.2) is 15.0 Å². The fourth-order valence-corrected chi connectivity index (χ4v) is 4.60. The Morgan fingerprint density at radius 2 is 1.68 bits per heavy atom. The van der Waals surface area contributed by atoms with E-state index in [0.29, 0.717) is 27.3 Å². The molecule has 5 rings (SSSR count). The molecule has 4 aromatic heterocycles. The fourth-order valence-electron chi connectivity index (χ4n) is 4.27. The highest BCUT2D eigenvalue weighted by molar-refractivity contribution is 6.29. The molecular formula is C25H20Cl2N6O. The van der Waals surface area contributed by atoms with Crippen molar-refractivity contribution < 1.29 is 0 Å². The van der Waals surface area contributed by atoms with Crippen molar-refractivity contribution in [2.75, 3.05) is 0 Å². The van der Waals surface area contributed by atoms with Gasteiger partial charge in [-0.05, 0) is 42.0 Å². The number of nitrogens with zero attached hydrogens (tertiary/aromatic N) is 5. The van der Waals surface area contributed by atoms with Gasteiger partial charge >= 0.3 is 0 Å². The van der Waals surface area contributed by atoms with Gasteiger partial charge in [0.15, 0.2) is 0 Å². The molecule has 0 aliphatic carbocycles. The molecule has 0 bridgehead atoms. The number of aromatic nitrogens is 5. The molecule has 9 heteroatoms. The van der Waals surface area contributed by atoms with E-state index in [4.69, 9.17) is 28.9 Å². The lowest BCUT2D eigenvalue weighted by Gasteiger charge is -2.30. The summed E-state index contributed by atoms with van der Waals surface area (Å²) in [7, 11) is 3.61. The van der Waals surface area contributed by atoms with E-state index in [9.17, 15) is 4.79 Å². The quantitative estimate of drug-likeness (QED) is 0.379. The third-order valence-electron chi connectivity index (χ3n) is 6.03.